The summed E-state index contributed by atoms with van der Waals surface area (Å²) in [5.41, 5.74) is 0. The van der Waals surface area contributed by atoms with E-state index in [9.17, 15) is 28.8 Å². The number of carbonyl (C=O) groups is 6. The van der Waals surface area contributed by atoms with E-state index in [0.29, 0.717) is 9.80 Å². The molecule has 0 aliphatic carbocycles. The van der Waals surface area contributed by atoms with E-state index in [1.807, 2.05) is 0 Å². The first-order valence-electron chi connectivity index (χ1n) is 11.6. The summed E-state index contributed by atoms with van der Waals surface area (Å²) in [4.78, 5) is 75.3. The number of rotatable bonds is 16. The van der Waals surface area contributed by atoms with Crippen LogP contribution in [0.5, 0.6) is 0 Å². The summed E-state index contributed by atoms with van der Waals surface area (Å²) >= 11 is 12.3. The molecule has 5 amide bonds. The van der Waals surface area contributed by atoms with Crippen molar-refractivity contribution in [2.45, 2.75) is 55.8 Å². The summed E-state index contributed by atoms with van der Waals surface area (Å²) in [5.74, 6) is -1.62. The molecule has 3 unspecified atom stereocenters. The molecule has 15 heteroatoms. The fraction of sp³-hybridized carbons (Fsp3) is 0.727. The van der Waals surface area contributed by atoms with Crippen LogP contribution in [0.4, 0.5) is 9.59 Å². The Morgan fingerprint density at radius 2 is 1.05 bits per heavy atom. The number of thiol groups is 3. The van der Waals surface area contributed by atoms with Crippen molar-refractivity contribution in [2.75, 3.05) is 46.5 Å². The van der Waals surface area contributed by atoms with Gasteiger partial charge < -0.3 is 19.1 Å². The standard InChI is InChI=1S/C22H37N3O9S3/c1-15(35)11-18(27)32-8-5-23(4)21(30)25(7-10-34-20(29)13-17(3)37)22(31)24(14-26)6-9-33-19(28)12-16(2)36/h14-17,35-37H,5-13H2,1-4H3. The topological polar surface area (TPSA) is 140 Å². The number of amides is 5. The second-order valence-corrected chi connectivity index (χ2v) is 10.9. The molecule has 0 radical (unpaired) electrons. The highest BCUT2D eigenvalue weighted by Crippen LogP contribution is 2.07. The Balaban J connectivity index is 5.25. The molecule has 212 valence electrons. The van der Waals surface area contributed by atoms with Gasteiger partial charge in [0.25, 0.3) is 0 Å². The minimum atomic E-state index is -1.01. The molecule has 0 fully saturated rings. The average Bonchev–Trinajstić information content (AvgIpc) is 2.77. The maximum Gasteiger partial charge on any atom is 0.334 e. The summed E-state index contributed by atoms with van der Waals surface area (Å²) < 4.78 is 15.1. The molecule has 0 aliphatic rings. The van der Waals surface area contributed by atoms with Crippen LogP contribution in [0.3, 0.4) is 0 Å². The molecule has 0 aliphatic heterocycles. The van der Waals surface area contributed by atoms with Crippen molar-refractivity contribution in [3.63, 3.8) is 0 Å². The molecular weight excluding hydrogens is 546 g/mol. The first-order chi connectivity index (χ1) is 17.3. The zero-order valence-corrected chi connectivity index (χ0v) is 24.2. The summed E-state index contributed by atoms with van der Waals surface area (Å²) in [6.45, 7) is 3.70. The molecule has 0 aromatic carbocycles. The molecule has 0 rings (SSSR count). The van der Waals surface area contributed by atoms with Gasteiger partial charge in [-0.15, -0.1) is 0 Å². The van der Waals surface area contributed by atoms with Gasteiger partial charge >= 0.3 is 30.0 Å². The summed E-state index contributed by atoms with van der Waals surface area (Å²) in [6, 6.07) is -1.83. The molecule has 0 heterocycles. The number of hydrogen-bond donors (Lipinski definition) is 3. The molecule has 0 saturated heterocycles. The number of urea groups is 2. The summed E-state index contributed by atoms with van der Waals surface area (Å²) in [6.07, 6.45) is 0.360. The fourth-order valence-electron chi connectivity index (χ4n) is 2.63. The SMILES string of the molecule is CC(S)CC(=O)OCCN(C)C(=O)N(CCOC(=O)CC(C)S)C(=O)N(C=O)CCOC(=O)CC(C)S. The van der Waals surface area contributed by atoms with E-state index in [1.54, 1.807) is 20.8 Å². The van der Waals surface area contributed by atoms with E-state index in [1.165, 1.54) is 7.05 Å². The maximum absolute atomic E-state index is 13.0. The molecular formula is C22H37N3O9S3. The normalized spacial score (nSPS) is 12.9. The zero-order chi connectivity index (χ0) is 28.5. The second kappa shape index (κ2) is 19.0. The third kappa shape index (κ3) is 16.4. The second-order valence-electron chi connectivity index (χ2n) is 8.26. The number of likely N-dealkylation sites (N-methyl/N-ethyl adjacent to an activating group) is 1. The monoisotopic (exact) mass is 583 g/mol. The molecule has 0 N–H and O–H groups in total. The van der Waals surface area contributed by atoms with Crippen LogP contribution in [0.25, 0.3) is 0 Å². The van der Waals surface area contributed by atoms with Gasteiger partial charge in [0.1, 0.15) is 19.8 Å². The van der Waals surface area contributed by atoms with E-state index in [2.05, 4.69) is 37.9 Å². The summed E-state index contributed by atoms with van der Waals surface area (Å²) in [5, 5.41) is -0.665. The highest BCUT2D eigenvalue weighted by atomic mass is 32.1. The average molecular weight is 584 g/mol. The Morgan fingerprint density at radius 1 is 0.676 bits per heavy atom. The molecule has 0 saturated carbocycles. The molecule has 0 aromatic rings. The van der Waals surface area contributed by atoms with Gasteiger partial charge in [0.2, 0.25) is 6.41 Å². The van der Waals surface area contributed by atoms with E-state index >= 15 is 0 Å². The first kappa shape index (κ1) is 34.9. The number of hydrogen-bond acceptors (Lipinski definition) is 12. The van der Waals surface area contributed by atoms with E-state index in [4.69, 9.17) is 14.2 Å². The van der Waals surface area contributed by atoms with Crippen LogP contribution in [-0.4, -0.2) is 113 Å². The van der Waals surface area contributed by atoms with Gasteiger partial charge in [0.05, 0.1) is 38.9 Å². The van der Waals surface area contributed by atoms with Crippen LogP contribution in [-0.2, 0) is 33.4 Å². The van der Waals surface area contributed by atoms with Gasteiger partial charge in [-0.1, -0.05) is 20.8 Å². The van der Waals surface area contributed by atoms with E-state index < -0.39 is 30.0 Å². The van der Waals surface area contributed by atoms with E-state index in [-0.39, 0.29) is 80.9 Å². The number of imide groups is 2. The predicted octanol–water partition coefficient (Wildman–Crippen LogP) is 1.67. The van der Waals surface area contributed by atoms with Crippen LogP contribution < -0.4 is 0 Å². The van der Waals surface area contributed by atoms with Crippen molar-refractivity contribution in [3.05, 3.63) is 0 Å². The third-order valence-corrected chi connectivity index (χ3v) is 4.96. The molecule has 0 aromatic heterocycles. The van der Waals surface area contributed by atoms with Crippen molar-refractivity contribution in [3.8, 4) is 0 Å². The fourth-order valence-corrected chi connectivity index (χ4v) is 3.08. The van der Waals surface area contributed by atoms with Crippen LogP contribution in [0.2, 0.25) is 0 Å². The van der Waals surface area contributed by atoms with E-state index in [0.717, 1.165) is 4.90 Å². The molecule has 3 atom stereocenters. The zero-order valence-electron chi connectivity index (χ0n) is 21.5. The Bertz CT molecular complexity index is 782. The first-order valence-corrected chi connectivity index (χ1v) is 13.1. The van der Waals surface area contributed by atoms with Gasteiger partial charge in [0, 0.05) is 22.8 Å². The Kier molecular flexibility index (Phi) is 17.9. The van der Waals surface area contributed by atoms with Crippen LogP contribution >= 0.6 is 37.9 Å². The maximum atomic E-state index is 13.0. The Hall–Kier alpha value is -2.13. The quantitative estimate of drug-likeness (QED) is 0.107. The minimum Gasteiger partial charge on any atom is -0.464 e. The van der Waals surface area contributed by atoms with Gasteiger partial charge in [-0.05, 0) is 0 Å². The molecule has 0 spiro atoms. The minimum absolute atomic E-state index is 0.0257. The Labute approximate surface area is 233 Å². The highest BCUT2D eigenvalue weighted by Gasteiger charge is 2.29. The number of carbonyl (C=O) groups excluding carboxylic acids is 6. The van der Waals surface area contributed by atoms with Crippen molar-refractivity contribution in [1.82, 2.24) is 14.7 Å². The number of esters is 3. The highest BCUT2D eigenvalue weighted by molar-refractivity contribution is 7.81. The van der Waals surface area contributed by atoms with Gasteiger partial charge in [0.15, 0.2) is 0 Å². The lowest BCUT2D eigenvalue weighted by atomic mass is 10.3. The summed E-state index contributed by atoms with van der Waals surface area (Å²) in [7, 11) is 1.37. The molecule has 12 nitrogen and oxygen atoms in total. The van der Waals surface area contributed by atoms with Crippen LogP contribution in [0, 0.1) is 0 Å². The van der Waals surface area contributed by atoms with Crippen molar-refractivity contribution >= 4 is 74.3 Å². The number of nitrogens with zero attached hydrogens (tertiary/aromatic N) is 3. The van der Waals surface area contributed by atoms with Gasteiger partial charge in [-0.25, -0.2) is 14.5 Å². The Morgan fingerprint density at radius 3 is 1.43 bits per heavy atom. The van der Waals surface area contributed by atoms with Crippen molar-refractivity contribution < 1.29 is 43.0 Å². The van der Waals surface area contributed by atoms with Gasteiger partial charge in [-0.3, -0.25) is 24.1 Å². The molecule has 0 bridgehead atoms. The van der Waals surface area contributed by atoms with Crippen molar-refractivity contribution in [1.29, 1.82) is 0 Å². The van der Waals surface area contributed by atoms with Crippen LogP contribution in [0.15, 0.2) is 0 Å². The predicted molar refractivity (Wildman–Crippen MR) is 145 cm³/mol. The van der Waals surface area contributed by atoms with Crippen LogP contribution in [0.1, 0.15) is 40.0 Å². The molecule has 37 heavy (non-hydrogen) atoms. The van der Waals surface area contributed by atoms with Gasteiger partial charge in [-0.2, -0.15) is 37.9 Å². The smallest absolute Gasteiger partial charge is 0.334 e. The largest absolute Gasteiger partial charge is 0.464 e. The lowest BCUT2D eigenvalue weighted by molar-refractivity contribution is -0.144. The lowest BCUT2D eigenvalue weighted by Gasteiger charge is -2.29. The third-order valence-electron chi connectivity index (χ3n) is 4.41. The lowest BCUT2D eigenvalue weighted by Crippen LogP contribution is -2.52. The van der Waals surface area contributed by atoms with Crippen molar-refractivity contribution in [2.24, 2.45) is 0 Å². The number of ether oxygens (including phenoxy) is 3.